The molecular formula is C15H26O. The second-order valence-electron chi connectivity index (χ2n) is 8.22. The molecule has 0 radical (unpaired) electrons. The van der Waals surface area contributed by atoms with Crippen LogP contribution in [-0.2, 0) is 0 Å². The van der Waals surface area contributed by atoms with Gasteiger partial charge in [0.05, 0.1) is 6.10 Å². The maximum atomic E-state index is 10.2. The van der Waals surface area contributed by atoms with E-state index >= 15 is 0 Å². The third kappa shape index (κ3) is 1.27. The summed E-state index contributed by atoms with van der Waals surface area (Å²) in [4.78, 5) is 0. The summed E-state index contributed by atoms with van der Waals surface area (Å²) >= 11 is 0. The van der Waals surface area contributed by atoms with Crippen molar-refractivity contribution in [2.45, 2.75) is 65.9 Å². The second-order valence-corrected chi connectivity index (χ2v) is 8.22. The third-order valence-corrected chi connectivity index (χ3v) is 6.33. The molecule has 0 unspecified atom stereocenters. The van der Waals surface area contributed by atoms with E-state index in [0.29, 0.717) is 16.2 Å². The van der Waals surface area contributed by atoms with E-state index in [9.17, 15) is 5.11 Å². The molecule has 16 heavy (non-hydrogen) atoms. The van der Waals surface area contributed by atoms with Crippen molar-refractivity contribution < 1.29 is 5.11 Å². The Morgan fingerprint density at radius 3 is 2.06 bits per heavy atom. The summed E-state index contributed by atoms with van der Waals surface area (Å²) in [5.41, 5.74) is 1.36. The van der Waals surface area contributed by atoms with Gasteiger partial charge in [-0.15, -0.1) is 0 Å². The van der Waals surface area contributed by atoms with E-state index in [1.165, 1.54) is 19.3 Å². The van der Waals surface area contributed by atoms with Crippen LogP contribution in [0, 0.1) is 28.1 Å². The van der Waals surface area contributed by atoms with Crippen LogP contribution in [0.4, 0.5) is 0 Å². The van der Waals surface area contributed by atoms with Gasteiger partial charge in [0, 0.05) is 0 Å². The van der Waals surface area contributed by atoms with E-state index < -0.39 is 0 Å². The van der Waals surface area contributed by atoms with Crippen molar-refractivity contribution in [3.8, 4) is 0 Å². The highest BCUT2D eigenvalue weighted by molar-refractivity contribution is 5.12. The maximum absolute atomic E-state index is 10.2. The summed E-state index contributed by atoms with van der Waals surface area (Å²) < 4.78 is 0. The van der Waals surface area contributed by atoms with Crippen molar-refractivity contribution in [2.75, 3.05) is 0 Å². The van der Waals surface area contributed by atoms with Crippen LogP contribution in [-0.4, -0.2) is 11.2 Å². The molecule has 0 aromatic rings. The lowest BCUT2D eigenvalue weighted by atomic mass is 9.42. The molecule has 0 aromatic heterocycles. The smallest absolute Gasteiger partial charge is 0.0550 e. The van der Waals surface area contributed by atoms with Crippen LogP contribution in [0.5, 0.6) is 0 Å². The van der Waals surface area contributed by atoms with Crippen LogP contribution >= 0.6 is 0 Å². The predicted octanol–water partition coefficient (Wildman–Crippen LogP) is 3.61. The highest BCUT2D eigenvalue weighted by Crippen LogP contribution is 2.70. The number of rotatable bonds is 0. The SMILES string of the molecule is CC1(C)C[C@@H]2C[C@@]3(C)C[C@H](O)C[C@]2(C)C[C@@H]13. The highest BCUT2D eigenvalue weighted by Gasteiger charge is 2.62. The van der Waals surface area contributed by atoms with Crippen molar-refractivity contribution in [2.24, 2.45) is 28.1 Å². The second kappa shape index (κ2) is 2.85. The van der Waals surface area contributed by atoms with Gasteiger partial charge in [0.2, 0.25) is 0 Å². The Hall–Kier alpha value is -0.0400. The van der Waals surface area contributed by atoms with Crippen LogP contribution in [0.15, 0.2) is 0 Å². The van der Waals surface area contributed by atoms with Gasteiger partial charge in [-0.2, -0.15) is 0 Å². The largest absolute Gasteiger partial charge is 0.393 e. The molecule has 1 N–H and O–H groups in total. The first kappa shape index (κ1) is 11.1. The summed E-state index contributed by atoms with van der Waals surface area (Å²) in [6.45, 7) is 9.80. The molecule has 5 atom stereocenters. The van der Waals surface area contributed by atoms with Crippen LogP contribution in [0.25, 0.3) is 0 Å². The average molecular weight is 222 g/mol. The monoisotopic (exact) mass is 222 g/mol. The molecule has 5 saturated carbocycles. The molecule has 0 aromatic carbocycles. The zero-order chi connectivity index (χ0) is 11.8. The number of hydrogen-bond acceptors (Lipinski definition) is 1. The lowest BCUT2D eigenvalue weighted by molar-refractivity contribution is -0.134. The van der Waals surface area contributed by atoms with Gasteiger partial charge in [0.1, 0.15) is 0 Å². The zero-order valence-corrected chi connectivity index (χ0v) is 11.2. The predicted molar refractivity (Wildman–Crippen MR) is 66.1 cm³/mol. The van der Waals surface area contributed by atoms with Gasteiger partial charge < -0.3 is 5.11 Å². The molecule has 0 saturated heterocycles. The number of hydrogen-bond donors (Lipinski definition) is 1. The molecule has 92 valence electrons. The normalized spacial score (nSPS) is 58.7. The molecule has 1 nitrogen and oxygen atoms in total. The van der Waals surface area contributed by atoms with Crippen molar-refractivity contribution in [3.63, 3.8) is 0 Å². The zero-order valence-electron chi connectivity index (χ0n) is 11.2. The van der Waals surface area contributed by atoms with Crippen molar-refractivity contribution in [3.05, 3.63) is 0 Å². The molecule has 4 bridgehead atoms. The van der Waals surface area contributed by atoms with E-state index in [0.717, 1.165) is 24.7 Å². The first-order chi connectivity index (χ1) is 7.25. The Morgan fingerprint density at radius 2 is 1.44 bits per heavy atom. The van der Waals surface area contributed by atoms with Crippen LogP contribution in [0.2, 0.25) is 0 Å². The molecule has 0 spiro atoms. The van der Waals surface area contributed by atoms with Crippen molar-refractivity contribution in [1.82, 2.24) is 0 Å². The van der Waals surface area contributed by atoms with Gasteiger partial charge in [-0.25, -0.2) is 0 Å². The summed E-state index contributed by atoms with van der Waals surface area (Å²) in [6.07, 6.45) is 6.18. The van der Waals surface area contributed by atoms with E-state index in [1.54, 1.807) is 0 Å². The van der Waals surface area contributed by atoms with Gasteiger partial charge in [-0.3, -0.25) is 0 Å². The molecule has 5 rings (SSSR count). The summed E-state index contributed by atoms with van der Waals surface area (Å²) in [5.74, 6) is 1.68. The maximum Gasteiger partial charge on any atom is 0.0550 e. The fraction of sp³-hybridized carbons (Fsp3) is 1.00. The standard InChI is InChI=1S/C15H26O/c1-13(2)5-10-6-15(4)8-11(16)7-14(10,3)9-12(13)15/h10-12,16H,5-9H2,1-4H3/t10-,11-,12+,14-,15+/m1/s1. The van der Waals surface area contributed by atoms with Crippen molar-refractivity contribution >= 4 is 0 Å². The summed E-state index contributed by atoms with van der Waals surface area (Å²) in [7, 11) is 0. The average Bonchev–Trinajstić information content (AvgIpc) is 2.21. The third-order valence-electron chi connectivity index (χ3n) is 6.33. The molecule has 0 heterocycles. The first-order valence-corrected chi connectivity index (χ1v) is 6.93. The quantitative estimate of drug-likeness (QED) is 0.664. The van der Waals surface area contributed by atoms with Gasteiger partial charge in [0.15, 0.2) is 0 Å². The minimum Gasteiger partial charge on any atom is -0.393 e. The molecular weight excluding hydrogens is 196 g/mol. The van der Waals surface area contributed by atoms with Crippen LogP contribution in [0.1, 0.15) is 59.8 Å². The Balaban J connectivity index is 2.07. The lowest BCUT2D eigenvalue weighted by Crippen LogP contribution is -2.54. The minimum atomic E-state index is -0.0427. The molecule has 5 aliphatic rings. The fourth-order valence-electron chi connectivity index (χ4n) is 5.77. The summed E-state index contributed by atoms with van der Waals surface area (Å²) in [6, 6.07) is 0. The van der Waals surface area contributed by atoms with Gasteiger partial charge in [0.25, 0.3) is 0 Å². The highest BCUT2D eigenvalue weighted by atomic mass is 16.3. The number of aliphatic hydroxyl groups excluding tert-OH is 1. The van der Waals surface area contributed by atoms with E-state index in [-0.39, 0.29) is 6.10 Å². The minimum absolute atomic E-state index is 0.0427. The first-order valence-electron chi connectivity index (χ1n) is 6.93. The number of aliphatic hydroxyl groups is 1. The van der Waals surface area contributed by atoms with Crippen molar-refractivity contribution in [1.29, 1.82) is 0 Å². The Kier molecular flexibility index (Phi) is 1.98. The molecule has 1 heteroatoms. The Labute approximate surface area is 99.6 Å². The van der Waals surface area contributed by atoms with E-state index in [2.05, 4.69) is 27.7 Å². The molecule has 0 aliphatic heterocycles. The lowest BCUT2D eigenvalue weighted by Gasteiger charge is -2.63. The van der Waals surface area contributed by atoms with Crippen LogP contribution < -0.4 is 0 Å². The number of fused-ring (bicyclic) bond motifs is 3. The Morgan fingerprint density at radius 1 is 0.812 bits per heavy atom. The van der Waals surface area contributed by atoms with Gasteiger partial charge in [-0.1, -0.05) is 27.7 Å². The summed E-state index contributed by atoms with van der Waals surface area (Å²) in [5, 5.41) is 10.2. The molecule has 5 fully saturated rings. The van der Waals surface area contributed by atoms with E-state index in [1.807, 2.05) is 0 Å². The van der Waals surface area contributed by atoms with Gasteiger partial charge >= 0.3 is 0 Å². The topological polar surface area (TPSA) is 20.2 Å². The van der Waals surface area contributed by atoms with Gasteiger partial charge in [-0.05, 0) is 60.2 Å². The fourth-order valence-corrected chi connectivity index (χ4v) is 5.77. The Bertz CT molecular complexity index is 321. The molecule has 5 aliphatic carbocycles. The van der Waals surface area contributed by atoms with E-state index in [4.69, 9.17) is 0 Å². The van der Waals surface area contributed by atoms with Crippen LogP contribution in [0.3, 0.4) is 0 Å². The molecule has 0 amide bonds.